The third kappa shape index (κ3) is 3.05. The van der Waals surface area contributed by atoms with Crippen LogP contribution < -0.4 is 5.73 Å². The van der Waals surface area contributed by atoms with E-state index in [1.54, 1.807) is 12.1 Å². The molecule has 20 heavy (non-hydrogen) atoms. The molecule has 0 aliphatic carbocycles. The molecular weight excluding hydrogens is 375 g/mol. The van der Waals surface area contributed by atoms with E-state index in [1.165, 1.54) is 12.1 Å². The molecule has 6 heteroatoms. The van der Waals surface area contributed by atoms with Crippen LogP contribution >= 0.6 is 22.6 Å². The number of nitrogen functional groups attached to an aromatic ring is 1. The van der Waals surface area contributed by atoms with E-state index >= 15 is 0 Å². The number of anilines is 1. The quantitative estimate of drug-likeness (QED) is 0.793. The van der Waals surface area contributed by atoms with Crippen LogP contribution in [-0.4, -0.2) is 9.97 Å². The summed E-state index contributed by atoms with van der Waals surface area (Å²) in [4.78, 5) is 8.72. The molecule has 2 aromatic rings. The minimum absolute atomic E-state index is 0.0173. The molecule has 3 nitrogen and oxygen atoms in total. The van der Waals surface area contributed by atoms with Crippen molar-refractivity contribution in [1.82, 2.24) is 9.97 Å². The molecule has 1 aromatic heterocycles. The molecule has 0 aliphatic heterocycles. The van der Waals surface area contributed by atoms with Crippen LogP contribution in [-0.2, 0) is 0 Å². The molecular formula is C14H14F2IN3. The van der Waals surface area contributed by atoms with E-state index in [-0.39, 0.29) is 11.5 Å². The van der Waals surface area contributed by atoms with Crippen molar-refractivity contribution in [1.29, 1.82) is 0 Å². The molecule has 0 radical (unpaired) electrons. The zero-order valence-corrected chi connectivity index (χ0v) is 13.2. The van der Waals surface area contributed by atoms with Gasteiger partial charge in [0.05, 0.1) is 9.26 Å². The van der Waals surface area contributed by atoms with Crippen LogP contribution in [0.1, 0.15) is 37.4 Å². The fourth-order valence-corrected chi connectivity index (χ4v) is 2.64. The fourth-order valence-electron chi connectivity index (χ4n) is 1.77. The Labute approximate surface area is 129 Å². The lowest BCUT2D eigenvalue weighted by Crippen LogP contribution is -2.06. The number of benzene rings is 1. The Hall–Kier alpha value is -1.31. The first-order valence-corrected chi connectivity index (χ1v) is 7.19. The van der Waals surface area contributed by atoms with Gasteiger partial charge in [0.25, 0.3) is 6.43 Å². The molecule has 0 spiro atoms. The molecule has 0 saturated heterocycles. The number of nitrogens with zero attached hydrogens (tertiary/aromatic N) is 2. The molecule has 2 N–H and O–H groups in total. The average molecular weight is 389 g/mol. The normalized spacial score (nSPS) is 11.3. The van der Waals surface area contributed by atoms with Crippen molar-refractivity contribution in [3.05, 3.63) is 39.1 Å². The van der Waals surface area contributed by atoms with Gasteiger partial charge in [-0.25, -0.2) is 18.7 Å². The zero-order valence-electron chi connectivity index (χ0n) is 11.1. The van der Waals surface area contributed by atoms with E-state index in [9.17, 15) is 8.78 Å². The molecule has 0 amide bonds. The van der Waals surface area contributed by atoms with Gasteiger partial charge in [0, 0.05) is 11.1 Å². The highest BCUT2D eigenvalue weighted by Crippen LogP contribution is 2.28. The van der Waals surface area contributed by atoms with Crippen molar-refractivity contribution in [2.45, 2.75) is 26.2 Å². The van der Waals surface area contributed by atoms with Crippen LogP contribution in [0.5, 0.6) is 0 Å². The van der Waals surface area contributed by atoms with Crippen molar-refractivity contribution in [3.8, 4) is 11.4 Å². The second kappa shape index (κ2) is 5.99. The smallest absolute Gasteiger partial charge is 0.263 e. The number of hydrogen-bond acceptors (Lipinski definition) is 3. The Morgan fingerprint density at radius 1 is 1.10 bits per heavy atom. The van der Waals surface area contributed by atoms with Gasteiger partial charge in [0.2, 0.25) is 0 Å². The third-order valence-electron chi connectivity index (χ3n) is 2.87. The van der Waals surface area contributed by atoms with Gasteiger partial charge in [-0.3, -0.25) is 0 Å². The van der Waals surface area contributed by atoms with Crippen molar-refractivity contribution in [3.63, 3.8) is 0 Å². The lowest BCUT2D eigenvalue weighted by atomic mass is 10.1. The maximum atomic E-state index is 12.5. The van der Waals surface area contributed by atoms with Gasteiger partial charge < -0.3 is 5.73 Å². The summed E-state index contributed by atoms with van der Waals surface area (Å²) >= 11 is 2.12. The molecule has 106 valence electrons. The Morgan fingerprint density at radius 3 is 2.20 bits per heavy atom. The highest BCUT2D eigenvalue weighted by atomic mass is 127. The molecule has 1 aromatic carbocycles. The van der Waals surface area contributed by atoms with Crippen LogP contribution in [0.4, 0.5) is 14.6 Å². The third-order valence-corrected chi connectivity index (χ3v) is 3.98. The van der Waals surface area contributed by atoms with E-state index < -0.39 is 6.43 Å². The van der Waals surface area contributed by atoms with Gasteiger partial charge in [0.1, 0.15) is 5.82 Å². The van der Waals surface area contributed by atoms with E-state index in [0.29, 0.717) is 17.2 Å². The van der Waals surface area contributed by atoms with Gasteiger partial charge in [-0.1, -0.05) is 38.1 Å². The monoisotopic (exact) mass is 389 g/mol. The second-order valence-corrected chi connectivity index (χ2v) is 5.79. The number of halogens is 3. The Morgan fingerprint density at radius 2 is 1.70 bits per heavy atom. The Kier molecular flexibility index (Phi) is 4.52. The van der Waals surface area contributed by atoms with Gasteiger partial charge >= 0.3 is 0 Å². The summed E-state index contributed by atoms with van der Waals surface area (Å²) in [6, 6.07) is 5.94. The molecule has 0 aliphatic rings. The minimum atomic E-state index is -2.47. The topological polar surface area (TPSA) is 51.8 Å². The van der Waals surface area contributed by atoms with Crippen LogP contribution in [0.3, 0.4) is 0 Å². The number of aromatic nitrogens is 2. The molecule has 2 rings (SSSR count). The zero-order chi connectivity index (χ0) is 14.9. The molecule has 0 bridgehead atoms. The van der Waals surface area contributed by atoms with Crippen molar-refractivity contribution >= 4 is 28.4 Å². The van der Waals surface area contributed by atoms with Crippen LogP contribution in [0.15, 0.2) is 24.3 Å². The lowest BCUT2D eigenvalue weighted by Gasteiger charge is -2.11. The van der Waals surface area contributed by atoms with Crippen molar-refractivity contribution in [2.24, 2.45) is 0 Å². The predicted octanol–water partition coefficient (Wildman–Crippen LogP) is 4.39. The van der Waals surface area contributed by atoms with Gasteiger partial charge in [-0.2, -0.15) is 0 Å². The minimum Gasteiger partial charge on any atom is -0.383 e. The second-order valence-electron chi connectivity index (χ2n) is 4.71. The summed E-state index contributed by atoms with van der Waals surface area (Å²) < 4.78 is 25.9. The van der Waals surface area contributed by atoms with E-state index in [2.05, 4.69) is 32.6 Å². The maximum absolute atomic E-state index is 12.5. The summed E-state index contributed by atoms with van der Waals surface area (Å²) in [5.41, 5.74) is 7.43. The maximum Gasteiger partial charge on any atom is 0.263 e. The van der Waals surface area contributed by atoms with Gasteiger partial charge in [-0.05, 0) is 28.5 Å². The molecule has 0 saturated carbocycles. The summed E-state index contributed by atoms with van der Waals surface area (Å²) in [7, 11) is 0. The predicted molar refractivity (Wildman–Crippen MR) is 83.6 cm³/mol. The molecule has 0 fully saturated rings. The van der Waals surface area contributed by atoms with Gasteiger partial charge in [0.15, 0.2) is 5.82 Å². The van der Waals surface area contributed by atoms with Crippen LogP contribution in [0, 0.1) is 3.57 Å². The molecule has 0 atom stereocenters. The van der Waals surface area contributed by atoms with Crippen molar-refractivity contribution < 1.29 is 8.78 Å². The average Bonchev–Trinajstić information content (AvgIpc) is 2.41. The summed E-state index contributed by atoms with van der Waals surface area (Å²) in [6.45, 7) is 4.04. The first kappa shape index (κ1) is 15.1. The SMILES string of the molecule is CC(C)c1nc(-c2ccc(C(F)F)cc2)nc(N)c1I. The van der Waals surface area contributed by atoms with Gasteiger partial charge in [-0.15, -0.1) is 0 Å². The largest absolute Gasteiger partial charge is 0.383 e. The number of nitrogens with two attached hydrogens (primary N) is 1. The standard InChI is InChI=1S/C14H14F2IN3/c1-7(2)11-10(17)13(18)20-14(19-11)9-5-3-8(4-6-9)12(15)16/h3-7,12H,1-2H3,(H2,18,19,20). The first-order valence-electron chi connectivity index (χ1n) is 6.11. The molecule has 0 unspecified atom stereocenters. The highest BCUT2D eigenvalue weighted by molar-refractivity contribution is 14.1. The van der Waals surface area contributed by atoms with E-state index in [1.807, 2.05) is 13.8 Å². The summed E-state index contributed by atoms with van der Waals surface area (Å²) in [5.74, 6) is 1.09. The first-order chi connectivity index (χ1) is 9.40. The summed E-state index contributed by atoms with van der Waals surface area (Å²) in [6.07, 6.45) is -2.47. The Balaban J connectivity index is 2.47. The number of alkyl halides is 2. The van der Waals surface area contributed by atoms with E-state index in [0.717, 1.165) is 9.26 Å². The Bertz CT molecular complexity index is 613. The lowest BCUT2D eigenvalue weighted by molar-refractivity contribution is 0.151. The van der Waals surface area contributed by atoms with Crippen LogP contribution in [0.25, 0.3) is 11.4 Å². The number of rotatable bonds is 3. The van der Waals surface area contributed by atoms with Crippen LogP contribution in [0.2, 0.25) is 0 Å². The fraction of sp³-hybridized carbons (Fsp3) is 0.286. The summed E-state index contributed by atoms with van der Waals surface area (Å²) in [5, 5.41) is 0. The highest BCUT2D eigenvalue weighted by Gasteiger charge is 2.14. The number of hydrogen-bond donors (Lipinski definition) is 1. The van der Waals surface area contributed by atoms with E-state index in [4.69, 9.17) is 5.73 Å². The van der Waals surface area contributed by atoms with Crippen molar-refractivity contribution in [2.75, 3.05) is 5.73 Å². The molecule has 1 heterocycles.